The molecule has 2 aromatic rings. The van der Waals surface area contributed by atoms with Gasteiger partial charge in [-0.15, -0.1) is 0 Å². The molecule has 8 heteroatoms. The second kappa shape index (κ2) is 7.16. The number of hydrogen-bond donors (Lipinski definition) is 0. The van der Waals surface area contributed by atoms with E-state index < -0.39 is 0 Å². The summed E-state index contributed by atoms with van der Waals surface area (Å²) in [6.45, 7) is 9.86. The molecule has 1 saturated heterocycles. The molecule has 0 aliphatic carbocycles. The summed E-state index contributed by atoms with van der Waals surface area (Å²) in [5.41, 5.74) is 3.00. The molecule has 2 aliphatic rings. The maximum absolute atomic E-state index is 13.2. The fourth-order valence-corrected chi connectivity index (χ4v) is 4.13. The largest absolute Gasteiger partial charge is 0.355 e. The minimum Gasteiger partial charge on any atom is -0.355 e. The van der Waals surface area contributed by atoms with Crippen LogP contribution in [-0.4, -0.2) is 75.0 Å². The quantitative estimate of drug-likeness (QED) is 0.798. The summed E-state index contributed by atoms with van der Waals surface area (Å²) < 4.78 is 2.17. The van der Waals surface area contributed by atoms with Crippen LogP contribution < -0.4 is 4.90 Å². The SMILES string of the molecule is Cc1nc(C(=O)N2CCn3c(cnc3C)C2)nc(N2CC[C@@H](N(C)C)C2)c1C. The molecule has 2 aliphatic heterocycles. The molecule has 28 heavy (non-hydrogen) atoms. The van der Waals surface area contributed by atoms with Crippen molar-refractivity contribution in [3.63, 3.8) is 0 Å². The maximum Gasteiger partial charge on any atom is 0.292 e. The van der Waals surface area contributed by atoms with E-state index in [0.29, 0.717) is 25.0 Å². The van der Waals surface area contributed by atoms with Crippen molar-refractivity contribution in [2.45, 2.75) is 46.3 Å². The molecule has 4 heterocycles. The van der Waals surface area contributed by atoms with Crippen LogP contribution in [0.15, 0.2) is 6.20 Å². The van der Waals surface area contributed by atoms with E-state index in [4.69, 9.17) is 4.98 Å². The standard InChI is InChI=1S/C20H29N7O/c1-13-14(2)22-18(23-19(13)25-7-6-16(11-25)24(4)5)20(28)26-8-9-27-15(3)21-10-17(27)12-26/h10,16H,6-9,11-12H2,1-5H3/t16-/m1/s1. The van der Waals surface area contributed by atoms with Crippen LogP contribution in [-0.2, 0) is 13.1 Å². The number of hydrogen-bond acceptors (Lipinski definition) is 6. The molecule has 0 aromatic carbocycles. The fraction of sp³-hybridized carbons (Fsp3) is 0.600. The fourth-order valence-electron chi connectivity index (χ4n) is 4.13. The predicted octanol–water partition coefficient (Wildman–Crippen LogP) is 1.39. The molecule has 0 saturated carbocycles. The number of likely N-dealkylation sites (N-methyl/N-ethyl adjacent to an activating group) is 1. The lowest BCUT2D eigenvalue weighted by molar-refractivity contribution is 0.0697. The Bertz CT molecular complexity index is 904. The number of aromatic nitrogens is 4. The van der Waals surface area contributed by atoms with Gasteiger partial charge < -0.3 is 19.3 Å². The first-order chi connectivity index (χ1) is 13.3. The van der Waals surface area contributed by atoms with Gasteiger partial charge in [-0.2, -0.15) is 0 Å². The molecule has 2 aromatic heterocycles. The van der Waals surface area contributed by atoms with E-state index in [-0.39, 0.29) is 5.91 Å². The van der Waals surface area contributed by atoms with E-state index in [0.717, 1.165) is 54.6 Å². The Morgan fingerprint density at radius 2 is 1.93 bits per heavy atom. The van der Waals surface area contributed by atoms with Crippen LogP contribution in [0.3, 0.4) is 0 Å². The Balaban J connectivity index is 1.58. The third-order valence-electron chi connectivity index (χ3n) is 6.12. The lowest BCUT2D eigenvalue weighted by Crippen LogP contribution is -2.39. The average molecular weight is 384 g/mol. The van der Waals surface area contributed by atoms with E-state index in [2.05, 4.69) is 38.4 Å². The number of aryl methyl sites for hydroxylation is 2. The van der Waals surface area contributed by atoms with Gasteiger partial charge in [0.05, 0.1) is 18.4 Å². The first kappa shape index (κ1) is 18.9. The summed E-state index contributed by atoms with van der Waals surface area (Å²) in [5.74, 6) is 2.10. The normalized spacial score (nSPS) is 19.4. The molecule has 0 unspecified atom stereocenters. The third kappa shape index (κ3) is 3.26. The van der Waals surface area contributed by atoms with Gasteiger partial charge in [0, 0.05) is 43.5 Å². The average Bonchev–Trinajstić information content (AvgIpc) is 3.30. The van der Waals surface area contributed by atoms with Crippen molar-refractivity contribution in [3.8, 4) is 0 Å². The van der Waals surface area contributed by atoms with Gasteiger partial charge >= 0.3 is 0 Å². The van der Waals surface area contributed by atoms with Gasteiger partial charge in [-0.25, -0.2) is 15.0 Å². The van der Waals surface area contributed by atoms with Crippen molar-refractivity contribution < 1.29 is 4.79 Å². The molecule has 1 atom stereocenters. The van der Waals surface area contributed by atoms with Crippen molar-refractivity contribution in [2.75, 3.05) is 38.6 Å². The Labute approximate surface area is 166 Å². The van der Waals surface area contributed by atoms with Gasteiger partial charge in [-0.05, 0) is 41.3 Å². The number of carbonyl (C=O) groups is 1. The van der Waals surface area contributed by atoms with E-state index in [1.165, 1.54) is 0 Å². The molecule has 4 rings (SSSR count). The summed E-state index contributed by atoms with van der Waals surface area (Å²) in [4.78, 5) is 33.2. The van der Waals surface area contributed by atoms with Crippen LogP contribution in [0.1, 0.15) is 39.8 Å². The minimum atomic E-state index is -0.0993. The van der Waals surface area contributed by atoms with Gasteiger partial charge in [-0.1, -0.05) is 0 Å². The first-order valence-corrected chi connectivity index (χ1v) is 9.92. The maximum atomic E-state index is 13.2. The molecule has 8 nitrogen and oxygen atoms in total. The second-order valence-electron chi connectivity index (χ2n) is 8.11. The number of rotatable bonds is 3. The summed E-state index contributed by atoms with van der Waals surface area (Å²) in [7, 11) is 4.23. The number of amides is 1. The Kier molecular flexibility index (Phi) is 4.82. The lowest BCUT2D eigenvalue weighted by Gasteiger charge is -2.29. The van der Waals surface area contributed by atoms with E-state index in [1.807, 2.05) is 31.9 Å². The summed E-state index contributed by atoms with van der Waals surface area (Å²) in [6, 6.07) is 0.513. The number of fused-ring (bicyclic) bond motifs is 1. The smallest absolute Gasteiger partial charge is 0.292 e. The molecule has 1 amide bonds. The van der Waals surface area contributed by atoms with Crippen LogP contribution in [0.25, 0.3) is 0 Å². The molecule has 0 radical (unpaired) electrons. The summed E-state index contributed by atoms with van der Waals surface area (Å²) in [6.07, 6.45) is 2.96. The van der Waals surface area contributed by atoms with Crippen LogP contribution in [0.2, 0.25) is 0 Å². The topological polar surface area (TPSA) is 70.4 Å². The van der Waals surface area contributed by atoms with Crippen molar-refractivity contribution in [3.05, 3.63) is 34.8 Å². The molecule has 150 valence electrons. The van der Waals surface area contributed by atoms with E-state index in [9.17, 15) is 4.79 Å². The van der Waals surface area contributed by atoms with Crippen molar-refractivity contribution in [1.82, 2.24) is 29.3 Å². The van der Waals surface area contributed by atoms with E-state index in [1.54, 1.807) is 0 Å². The van der Waals surface area contributed by atoms with Gasteiger partial charge in [0.1, 0.15) is 11.6 Å². The number of nitrogens with zero attached hydrogens (tertiary/aromatic N) is 7. The highest BCUT2D eigenvalue weighted by molar-refractivity contribution is 5.91. The highest BCUT2D eigenvalue weighted by atomic mass is 16.2. The lowest BCUT2D eigenvalue weighted by atomic mass is 10.2. The Morgan fingerprint density at radius 3 is 2.64 bits per heavy atom. The van der Waals surface area contributed by atoms with Gasteiger partial charge in [0.25, 0.3) is 5.91 Å². The molecular weight excluding hydrogens is 354 g/mol. The van der Waals surface area contributed by atoms with Crippen LogP contribution in [0.5, 0.6) is 0 Å². The van der Waals surface area contributed by atoms with Crippen LogP contribution >= 0.6 is 0 Å². The molecule has 0 N–H and O–H groups in total. The summed E-state index contributed by atoms with van der Waals surface area (Å²) in [5, 5.41) is 0. The Hall–Kier alpha value is -2.48. The number of imidazole rings is 1. The van der Waals surface area contributed by atoms with E-state index >= 15 is 0 Å². The molecular formula is C20H29N7O. The Morgan fingerprint density at radius 1 is 1.14 bits per heavy atom. The zero-order valence-electron chi connectivity index (χ0n) is 17.4. The monoisotopic (exact) mass is 383 g/mol. The highest BCUT2D eigenvalue weighted by Crippen LogP contribution is 2.26. The second-order valence-corrected chi connectivity index (χ2v) is 8.11. The number of carbonyl (C=O) groups excluding carboxylic acids is 1. The first-order valence-electron chi connectivity index (χ1n) is 9.92. The van der Waals surface area contributed by atoms with Crippen LogP contribution in [0.4, 0.5) is 5.82 Å². The zero-order valence-corrected chi connectivity index (χ0v) is 17.4. The van der Waals surface area contributed by atoms with Gasteiger partial charge in [0.2, 0.25) is 5.82 Å². The third-order valence-corrected chi connectivity index (χ3v) is 6.12. The highest BCUT2D eigenvalue weighted by Gasteiger charge is 2.29. The van der Waals surface area contributed by atoms with Crippen molar-refractivity contribution in [1.29, 1.82) is 0 Å². The molecule has 1 fully saturated rings. The van der Waals surface area contributed by atoms with Crippen LogP contribution in [0, 0.1) is 20.8 Å². The number of anilines is 1. The predicted molar refractivity (Wildman–Crippen MR) is 108 cm³/mol. The van der Waals surface area contributed by atoms with Crippen molar-refractivity contribution in [2.24, 2.45) is 0 Å². The van der Waals surface area contributed by atoms with Crippen molar-refractivity contribution >= 4 is 11.7 Å². The summed E-state index contributed by atoms with van der Waals surface area (Å²) >= 11 is 0. The zero-order chi connectivity index (χ0) is 20.0. The molecule has 0 spiro atoms. The van der Waals surface area contributed by atoms with Gasteiger partial charge in [0.15, 0.2) is 0 Å². The minimum absolute atomic E-state index is 0.0993. The molecule has 0 bridgehead atoms. The van der Waals surface area contributed by atoms with Gasteiger partial charge in [-0.3, -0.25) is 4.79 Å².